The first kappa shape index (κ1) is 22.3. The maximum absolute atomic E-state index is 14.6. The molecule has 0 unspecified atom stereocenters. The zero-order valence-electron chi connectivity index (χ0n) is 18.1. The third kappa shape index (κ3) is 4.20. The summed E-state index contributed by atoms with van der Waals surface area (Å²) in [6.07, 6.45) is 4.20. The van der Waals surface area contributed by atoms with E-state index in [9.17, 15) is 22.0 Å². The van der Waals surface area contributed by atoms with Crippen molar-refractivity contribution in [3.8, 4) is 17.4 Å². The lowest BCUT2D eigenvalue weighted by molar-refractivity contribution is 0.289. The van der Waals surface area contributed by atoms with E-state index in [0.717, 1.165) is 49.7 Å². The third-order valence-electron chi connectivity index (χ3n) is 5.78. The minimum absolute atomic E-state index is 0.0787. The number of anilines is 1. The quantitative estimate of drug-likeness (QED) is 0.520. The summed E-state index contributed by atoms with van der Waals surface area (Å²) >= 11 is 0. The van der Waals surface area contributed by atoms with Crippen molar-refractivity contribution in [2.24, 2.45) is 0 Å². The fourth-order valence-electron chi connectivity index (χ4n) is 4.22. The van der Waals surface area contributed by atoms with Gasteiger partial charge in [0.1, 0.15) is 18.2 Å². The SMILES string of the molecule is CS(=O)(=O)c1cc(Oc2c(F)cc(COc3cc4n(c(=O)n3)C[C@H]3CCCN43)cc2F)ccn1. The smallest absolute Gasteiger partial charge is 0.352 e. The second kappa shape index (κ2) is 8.35. The Morgan fingerprint density at radius 1 is 1.18 bits per heavy atom. The summed E-state index contributed by atoms with van der Waals surface area (Å²) in [5.41, 5.74) is -0.260. The highest BCUT2D eigenvalue weighted by molar-refractivity contribution is 7.90. The molecule has 1 saturated heterocycles. The van der Waals surface area contributed by atoms with Gasteiger partial charge >= 0.3 is 5.69 Å². The minimum atomic E-state index is -3.62. The van der Waals surface area contributed by atoms with Crippen LogP contribution >= 0.6 is 0 Å². The number of benzene rings is 1. The monoisotopic (exact) mass is 490 g/mol. The van der Waals surface area contributed by atoms with Crippen LogP contribution in [0.15, 0.2) is 46.3 Å². The first-order valence-electron chi connectivity index (χ1n) is 10.5. The number of sulfone groups is 1. The van der Waals surface area contributed by atoms with Crippen molar-refractivity contribution in [1.29, 1.82) is 0 Å². The standard InChI is InChI=1S/C22H20F2N4O5S/c1-34(30,31)19-9-15(4-5-25-19)33-21-16(23)7-13(8-17(21)24)12-32-18-10-20-27-6-2-3-14(27)11-28(20)22(29)26-18/h4-5,7-10,14H,2-3,6,11-12H2,1H3/t14-/m1/s1. The Labute approximate surface area is 193 Å². The van der Waals surface area contributed by atoms with Gasteiger partial charge in [0, 0.05) is 43.7 Å². The molecule has 12 heteroatoms. The summed E-state index contributed by atoms with van der Waals surface area (Å²) < 4.78 is 64.9. The van der Waals surface area contributed by atoms with Crippen LogP contribution in [0, 0.1) is 11.6 Å². The summed E-state index contributed by atoms with van der Waals surface area (Å²) in [6, 6.07) is 6.39. The molecule has 9 nitrogen and oxygen atoms in total. The number of hydrogen-bond donors (Lipinski definition) is 0. The van der Waals surface area contributed by atoms with Crippen molar-refractivity contribution in [2.45, 2.75) is 37.1 Å². The fraction of sp³-hybridized carbons (Fsp3) is 0.318. The zero-order valence-corrected chi connectivity index (χ0v) is 18.9. The second-order valence-corrected chi connectivity index (χ2v) is 10.2. The highest BCUT2D eigenvalue weighted by Crippen LogP contribution is 2.33. The first-order valence-corrected chi connectivity index (χ1v) is 12.4. The van der Waals surface area contributed by atoms with Gasteiger partial charge in [-0.25, -0.2) is 27.0 Å². The molecule has 0 bridgehead atoms. The fourth-order valence-corrected chi connectivity index (χ4v) is 4.80. The summed E-state index contributed by atoms with van der Waals surface area (Å²) in [6.45, 7) is 1.23. The lowest BCUT2D eigenvalue weighted by Gasteiger charge is -2.17. The lowest BCUT2D eigenvalue weighted by atomic mass is 10.2. The highest BCUT2D eigenvalue weighted by Gasteiger charge is 2.34. The van der Waals surface area contributed by atoms with E-state index in [1.54, 1.807) is 10.6 Å². The van der Waals surface area contributed by atoms with Gasteiger partial charge in [-0.15, -0.1) is 0 Å². The Hall–Kier alpha value is -3.54. The van der Waals surface area contributed by atoms with Crippen LogP contribution in [0.4, 0.5) is 14.6 Å². The zero-order chi connectivity index (χ0) is 24.0. The number of halogens is 2. The summed E-state index contributed by atoms with van der Waals surface area (Å²) in [5.74, 6) is -1.96. The third-order valence-corrected chi connectivity index (χ3v) is 6.76. The van der Waals surface area contributed by atoms with Gasteiger partial charge in [0.05, 0.1) is 0 Å². The number of pyridine rings is 1. The van der Waals surface area contributed by atoms with E-state index in [-0.39, 0.29) is 34.9 Å². The molecule has 0 N–H and O–H groups in total. The molecule has 1 aromatic carbocycles. The highest BCUT2D eigenvalue weighted by atomic mass is 32.2. The maximum Gasteiger partial charge on any atom is 0.352 e. The molecule has 3 aromatic rings. The van der Waals surface area contributed by atoms with Crippen LogP contribution in [-0.4, -0.2) is 41.8 Å². The van der Waals surface area contributed by atoms with Crippen molar-refractivity contribution in [3.05, 3.63) is 64.2 Å². The van der Waals surface area contributed by atoms with Crippen molar-refractivity contribution in [3.63, 3.8) is 0 Å². The van der Waals surface area contributed by atoms with E-state index in [0.29, 0.717) is 6.54 Å². The molecule has 34 heavy (non-hydrogen) atoms. The van der Waals surface area contributed by atoms with Gasteiger partial charge in [-0.1, -0.05) is 0 Å². The normalized spacial score (nSPS) is 16.9. The van der Waals surface area contributed by atoms with Gasteiger partial charge in [-0.2, -0.15) is 4.98 Å². The number of fused-ring (bicyclic) bond motifs is 3. The van der Waals surface area contributed by atoms with Crippen molar-refractivity contribution in [1.82, 2.24) is 14.5 Å². The molecular formula is C22H20F2N4O5S. The molecule has 0 amide bonds. The van der Waals surface area contributed by atoms with E-state index in [1.165, 1.54) is 12.3 Å². The van der Waals surface area contributed by atoms with Gasteiger partial charge in [0.15, 0.2) is 32.2 Å². The summed E-state index contributed by atoms with van der Waals surface area (Å²) in [7, 11) is -3.62. The second-order valence-electron chi connectivity index (χ2n) is 8.22. The molecule has 1 fully saturated rings. The molecule has 0 aliphatic carbocycles. The molecule has 5 rings (SSSR count). The average molecular weight is 490 g/mol. The molecule has 0 radical (unpaired) electrons. The van der Waals surface area contributed by atoms with Crippen LogP contribution in [0.5, 0.6) is 17.4 Å². The number of rotatable bonds is 6. The van der Waals surface area contributed by atoms with Crippen LogP contribution in [0.25, 0.3) is 0 Å². The minimum Gasteiger partial charge on any atom is -0.473 e. The summed E-state index contributed by atoms with van der Waals surface area (Å²) in [5, 5.41) is -0.283. The van der Waals surface area contributed by atoms with Gasteiger partial charge in [-0.3, -0.25) is 4.57 Å². The number of ether oxygens (including phenoxy) is 2. The lowest BCUT2D eigenvalue weighted by Crippen LogP contribution is -2.24. The Bertz CT molecular complexity index is 1420. The first-order chi connectivity index (χ1) is 16.2. The topological polar surface area (TPSA) is 104 Å². The summed E-state index contributed by atoms with van der Waals surface area (Å²) in [4.78, 5) is 22.1. The van der Waals surface area contributed by atoms with Crippen LogP contribution < -0.4 is 20.1 Å². The van der Waals surface area contributed by atoms with Crippen LogP contribution in [0.3, 0.4) is 0 Å². The van der Waals surface area contributed by atoms with Crippen molar-refractivity contribution >= 4 is 15.7 Å². The van der Waals surface area contributed by atoms with E-state index < -0.39 is 32.9 Å². The van der Waals surface area contributed by atoms with Gasteiger partial charge in [0.2, 0.25) is 5.88 Å². The molecular weight excluding hydrogens is 470 g/mol. The van der Waals surface area contributed by atoms with Crippen LogP contribution in [0.1, 0.15) is 18.4 Å². The maximum atomic E-state index is 14.6. The predicted octanol–water partition coefficient (Wildman–Crippen LogP) is 2.67. The molecule has 2 aromatic heterocycles. The molecule has 0 spiro atoms. The van der Waals surface area contributed by atoms with Gasteiger partial charge in [0.25, 0.3) is 0 Å². The predicted molar refractivity (Wildman–Crippen MR) is 117 cm³/mol. The number of nitrogens with zero attached hydrogens (tertiary/aromatic N) is 4. The Morgan fingerprint density at radius 3 is 2.68 bits per heavy atom. The van der Waals surface area contributed by atoms with Gasteiger partial charge < -0.3 is 14.4 Å². The van der Waals surface area contributed by atoms with Gasteiger partial charge in [-0.05, 0) is 36.6 Å². The Balaban J connectivity index is 1.33. The molecule has 2 aliphatic heterocycles. The number of hydrogen-bond acceptors (Lipinski definition) is 8. The van der Waals surface area contributed by atoms with Crippen LogP contribution in [-0.2, 0) is 23.0 Å². The Kier molecular flexibility index (Phi) is 5.47. The average Bonchev–Trinajstić information content (AvgIpc) is 3.37. The number of aromatic nitrogens is 3. The van der Waals surface area contributed by atoms with Crippen molar-refractivity contribution in [2.75, 3.05) is 17.7 Å². The van der Waals surface area contributed by atoms with E-state index in [1.807, 2.05) is 0 Å². The molecule has 4 heterocycles. The van der Waals surface area contributed by atoms with E-state index in [2.05, 4.69) is 14.9 Å². The molecule has 2 aliphatic rings. The molecule has 0 saturated carbocycles. The van der Waals surface area contributed by atoms with Crippen LogP contribution in [0.2, 0.25) is 0 Å². The molecule has 1 atom stereocenters. The largest absolute Gasteiger partial charge is 0.473 e. The molecule has 178 valence electrons. The van der Waals surface area contributed by atoms with Crippen molar-refractivity contribution < 1.29 is 26.7 Å². The van der Waals surface area contributed by atoms with E-state index in [4.69, 9.17) is 9.47 Å². The Morgan fingerprint density at radius 2 is 1.94 bits per heavy atom. The van der Waals surface area contributed by atoms with E-state index >= 15 is 0 Å².